The summed E-state index contributed by atoms with van der Waals surface area (Å²) in [6.45, 7) is 9.29. The van der Waals surface area contributed by atoms with Crippen molar-refractivity contribution in [3.05, 3.63) is 76.0 Å². The molecular formula is C23H25FN4O2S. The van der Waals surface area contributed by atoms with Crippen molar-refractivity contribution in [2.24, 2.45) is 0 Å². The fourth-order valence-electron chi connectivity index (χ4n) is 3.39. The summed E-state index contributed by atoms with van der Waals surface area (Å²) in [6, 6.07) is 10.3. The molecular weight excluding hydrogens is 415 g/mol. The van der Waals surface area contributed by atoms with E-state index in [9.17, 15) is 14.0 Å². The molecule has 3 rings (SSSR count). The maximum absolute atomic E-state index is 14.9. The van der Waals surface area contributed by atoms with Crippen molar-refractivity contribution in [3.8, 4) is 0 Å². The highest BCUT2D eigenvalue weighted by Crippen LogP contribution is 2.32. The number of rotatable bonds is 5. The van der Waals surface area contributed by atoms with Crippen LogP contribution in [0, 0.1) is 19.7 Å². The summed E-state index contributed by atoms with van der Waals surface area (Å²) in [5.41, 5.74) is 1.90. The summed E-state index contributed by atoms with van der Waals surface area (Å²) >= 11 is 1.03. The molecule has 2 aromatic carbocycles. The van der Waals surface area contributed by atoms with Crippen LogP contribution in [0.4, 0.5) is 10.1 Å². The number of nitrogens with zero attached hydrogens (tertiary/aromatic N) is 3. The molecule has 6 nitrogen and oxygen atoms in total. The van der Waals surface area contributed by atoms with Gasteiger partial charge in [-0.2, -0.15) is 0 Å². The molecule has 1 aromatic heterocycles. The first-order valence-corrected chi connectivity index (χ1v) is 10.7. The summed E-state index contributed by atoms with van der Waals surface area (Å²) < 4.78 is 18.7. The molecule has 8 heteroatoms. The lowest BCUT2D eigenvalue weighted by molar-refractivity contribution is -0.124. The van der Waals surface area contributed by atoms with Gasteiger partial charge in [0.1, 0.15) is 11.9 Å². The number of aromatic nitrogens is 2. The number of amides is 2. The SMILES string of the molecule is Cc1cc(C)cc(N(C(=O)c2csnn2)[C@@H](C(=O)NC(C)(C)C)c2ccccc2F)c1. The number of carbonyl (C=O) groups excluding carboxylic acids is 2. The van der Waals surface area contributed by atoms with Crippen molar-refractivity contribution in [3.63, 3.8) is 0 Å². The van der Waals surface area contributed by atoms with Crippen LogP contribution in [0.25, 0.3) is 0 Å². The second-order valence-corrected chi connectivity index (χ2v) is 9.08. The van der Waals surface area contributed by atoms with Crippen molar-refractivity contribution in [1.29, 1.82) is 0 Å². The molecule has 0 radical (unpaired) electrons. The molecule has 3 aromatic rings. The van der Waals surface area contributed by atoms with Gasteiger partial charge in [0.25, 0.3) is 5.91 Å². The number of anilines is 1. The zero-order valence-corrected chi connectivity index (χ0v) is 19.0. The zero-order chi connectivity index (χ0) is 22.8. The second-order valence-electron chi connectivity index (χ2n) is 8.47. The number of nitrogens with one attached hydrogen (secondary N) is 1. The third-order valence-electron chi connectivity index (χ3n) is 4.49. The maximum Gasteiger partial charge on any atom is 0.280 e. The summed E-state index contributed by atoms with van der Waals surface area (Å²) in [6.07, 6.45) is 0. The first kappa shape index (κ1) is 22.6. The Morgan fingerprint density at radius 1 is 1.10 bits per heavy atom. The van der Waals surface area contributed by atoms with Crippen molar-refractivity contribution in [1.82, 2.24) is 14.9 Å². The average Bonchev–Trinajstić information content (AvgIpc) is 3.19. The summed E-state index contributed by atoms with van der Waals surface area (Å²) in [7, 11) is 0. The van der Waals surface area contributed by atoms with Crippen molar-refractivity contribution < 1.29 is 14.0 Å². The van der Waals surface area contributed by atoms with E-state index in [1.807, 2.05) is 40.7 Å². The number of aryl methyl sites for hydroxylation is 2. The van der Waals surface area contributed by atoms with E-state index in [-0.39, 0.29) is 11.3 Å². The van der Waals surface area contributed by atoms with Crippen LogP contribution < -0.4 is 10.2 Å². The van der Waals surface area contributed by atoms with Gasteiger partial charge in [-0.05, 0) is 75.5 Å². The molecule has 2 amide bonds. The molecule has 0 aliphatic carbocycles. The van der Waals surface area contributed by atoms with Gasteiger partial charge in [0.15, 0.2) is 5.69 Å². The highest BCUT2D eigenvalue weighted by Gasteiger charge is 2.37. The Balaban J connectivity index is 2.24. The number of hydrogen-bond donors (Lipinski definition) is 1. The average molecular weight is 441 g/mol. The molecule has 0 unspecified atom stereocenters. The molecule has 0 bridgehead atoms. The Morgan fingerprint density at radius 2 is 1.74 bits per heavy atom. The number of halogens is 1. The molecule has 1 atom stereocenters. The highest BCUT2D eigenvalue weighted by molar-refractivity contribution is 7.03. The molecule has 1 N–H and O–H groups in total. The van der Waals surface area contributed by atoms with Crippen molar-refractivity contribution >= 4 is 29.0 Å². The summed E-state index contributed by atoms with van der Waals surface area (Å²) in [5.74, 6) is -1.60. The highest BCUT2D eigenvalue weighted by atomic mass is 32.1. The minimum atomic E-state index is -1.24. The van der Waals surface area contributed by atoms with Crippen LogP contribution in [-0.2, 0) is 4.79 Å². The molecule has 0 aliphatic heterocycles. The van der Waals surface area contributed by atoms with Crippen LogP contribution in [-0.4, -0.2) is 26.9 Å². The Morgan fingerprint density at radius 3 is 2.29 bits per heavy atom. The van der Waals surface area contributed by atoms with E-state index in [0.717, 1.165) is 22.7 Å². The Labute approximate surface area is 185 Å². The molecule has 31 heavy (non-hydrogen) atoms. The van der Waals surface area contributed by atoms with E-state index in [1.54, 1.807) is 24.3 Å². The van der Waals surface area contributed by atoms with E-state index in [4.69, 9.17) is 0 Å². The lowest BCUT2D eigenvalue weighted by Gasteiger charge is -2.33. The third-order valence-corrected chi connectivity index (χ3v) is 4.99. The van der Waals surface area contributed by atoms with Gasteiger partial charge in [-0.25, -0.2) is 4.39 Å². The van der Waals surface area contributed by atoms with Gasteiger partial charge in [-0.3, -0.25) is 14.5 Å². The van der Waals surface area contributed by atoms with Crippen LogP contribution >= 0.6 is 11.5 Å². The van der Waals surface area contributed by atoms with Crippen LogP contribution in [0.1, 0.15) is 54.0 Å². The zero-order valence-electron chi connectivity index (χ0n) is 18.1. The number of carbonyl (C=O) groups is 2. The molecule has 0 saturated heterocycles. The molecule has 0 spiro atoms. The lowest BCUT2D eigenvalue weighted by Crippen LogP contribution is -2.50. The Kier molecular flexibility index (Phi) is 6.50. The molecule has 1 heterocycles. The Bertz CT molecular complexity index is 1070. The first-order chi connectivity index (χ1) is 14.6. The third kappa shape index (κ3) is 5.32. The summed E-state index contributed by atoms with van der Waals surface area (Å²) in [5, 5.41) is 8.30. The maximum atomic E-state index is 14.9. The molecule has 162 valence electrons. The largest absolute Gasteiger partial charge is 0.349 e. The predicted molar refractivity (Wildman–Crippen MR) is 120 cm³/mol. The molecule has 0 fully saturated rings. The monoisotopic (exact) mass is 440 g/mol. The van der Waals surface area contributed by atoms with Gasteiger partial charge < -0.3 is 5.32 Å². The standard InChI is InChI=1S/C23H25FN4O2S/c1-14-10-15(2)12-16(11-14)28(22(30)19-13-31-27-26-19)20(21(29)25-23(3,4)5)17-8-6-7-9-18(17)24/h6-13,20H,1-5H3,(H,25,29)/t20-/m1/s1. The van der Waals surface area contributed by atoms with Crippen LogP contribution in [0.2, 0.25) is 0 Å². The smallest absolute Gasteiger partial charge is 0.280 e. The quantitative estimate of drug-likeness (QED) is 0.629. The van der Waals surface area contributed by atoms with Gasteiger partial charge in [-0.1, -0.05) is 28.8 Å². The molecule has 0 aliphatic rings. The fraction of sp³-hybridized carbons (Fsp3) is 0.304. The van der Waals surface area contributed by atoms with Gasteiger partial charge >= 0.3 is 0 Å². The van der Waals surface area contributed by atoms with Gasteiger partial charge in [-0.15, -0.1) is 5.10 Å². The van der Waals surface area contributed by atoms with Crippen LogP contribution in [0.5, 0.6) is 0 Å². The van der Waals surface area contributed by atoms with Crippen molar-refractivity contribution in [2.45, 2.75) is 46.2 Å². The van der Waals surface area contributed by atoms with E-state index in [1.165, 1.54) is 22.4 Å². The van der Waals surface area contributed by atoms with Crippen LogP contribution in [0.15, 0.2) is 47.8 Å². The second kappa shape index (κ2) is 8.93. The predicted octanol–water partition coefficient (Wildman–Crippen LogP) is 4.60. The normalized spacial score (nSPS) is 12.3. The van der Waals surface area contributed by atoms with Crippen LogP contribution in [0.3, 0.4) is 0 Å². The van der Waals surface area contributed by atoms with Gasteiger partial charge in [0, 0.05) is 22.2 Å². The van der Waals surface area contributed by atoms with Gasteiger partial charge in [0.05, 0.1) is 0 Å². The fourth-order valence-corrected chi connectivity index (χ4v) is 3.82. The van der Waals surface area contributed by atoms with E-state index in [2.05, 4.69) is 14.9 Å². The minimum Gasteiger partial charge on any atom is -0.349 e. The molecule has 0 saturated carbocycles. The number of benzene rings is 2. The van der Waals surface area contributed by atoms with E-state index >= 15 is 0 Å². The Hall–Kier alpha value is -3.13. The van der Waals surface area contributed by atoms with E-state index in [0.29, 0.717) is 5.69 Å². The lowest BCUT2D eigenvalue weighted by atomic mass is 9.99. The van der Waals surface area contributed by atoms with E-state index < -0.39 is 29.2 Å². The topological polar surface area (TPSA) is 75.2 Å². The minimum absolute atomic E-state index is 0.0917. The van der Waals surface area contributed by atoms with Gasteiger partial charge in [0.2, 0.25) is 5.91 Å². The first-order valence-electron chi connectivity index (χ1n) is 9.82. The summed E-state index contributed by atoms with van der Waals surface area (Å²) in [4.78, 5) is 28.3. The van der Waals surface area contributed by atoms with Crippen molar-refractivity contribution in [2.75, 3.05) is 4.90 Å². The number of hydrogen-bond acceptors (Lipinski definition) is 5.